The fourth-order valence-electron chi connectivity index (χ4n) is 4.67. The van der Waals surface area contributed by atoms with E-state index in [0.717, 1.165) is 30.6 Å². The Bertz CT molecular complexity index is 884. The van der Waals surface area contributed by atoms with Crippen molar-refractivity contribution >= 4 is 23.9 Å². The quantitative estimate of drug-likeness (QED) is 0.499. The van der Waals surface area contributed by atoms with Crippen molar-refractivity contribution in [2.45, 2.75) is 52.6 Å². The number of likely N-dealkylation sites (tertiary alicyclic amines) is 2. The maximum absolute atomic E-state index is 12.9. The van der Waals surface area contributed by atoms with Gasteiger partial charge in [-0.3, -0.25) is 14.4 Å². The van der Waals surface area contributed by atoms with Gasteiger partial charge < -0.3 is 19.3 Å². The molecule has 0 aliphatic carbocycles. The van der Waals surface area contributed by atoms with Crippen LogP contribution >= 0.6 is 0 Å². The molecule has 2 aliphatic heterocycles. The minimum Gasteiger partial charge on any atom is -0.493 e. The van der Waals surface area contributed by atoms with Crippen LogP contribution in [0.4, 0.5) is 0 Å². The predicted octanol–water partition coefficient (Wildman–Crippen LogP) is 3.28. The summed E-state index contributed by atoms with van der Waals surface area (Å²) in [6, 6.07) is 7.67. The number of carbonyl (C=O) groups is 3. The SMILES string of the molecule is CCOc1ccccc1C=CC(=O)N1CCC2(CC1)CCN(C(=O)C(C)(C)OC(C)=O)C2. The smallest absolute Gasteiger partial charge is 0.303 e. The van der Waals surface area contributed by atoms with Gasteiger partial charge in [0.15, 0.2) is 5.60 Å². The van der Waals surface area contributed by atoms with Crippen LogP contribution in [0.15, 0.2) is 30.3 Å². The van der Waals surface area contributed by atoms with E-state index in [0.29, 0.717) is 32.8 Å². The molecule has 3 rings (SSSR count). The molecule has 32 heavy (non-hydrogen) atoms. The number of carbonyl (C=O) groups excluding carboxylic acids is 3. The van der Waals surface area contributed by atoms with Gasteiger partial charge in [-0.15, -0.1) is 0 Å². The first-order chi connectivity index (χ1) is 15.2. The first-order valence-electron chi connectivity index (χ1n) is 11.3. The van der Waals surface area contributed by atoms with Crippen LogP contribution in [-0.2, 0) is 19.1 Å². The lowest BCUT2D eigenvalue weighted by atomic mass is 9.77. The summed E-state index contributed by atoms with van der Waals surface area (Å²) in [7, 11) is 0. The summed E-state index contributed by atoms with van der Waals surface area (Å²) in [6.45, 7) is 9.75. The zero-order valence-corrected chi connectivity index (χ0v) is 19.6. The third kappa shape index (κ3) is 5.50. The molecule has 0 atom stereocenters. The van der Waals surface area contributed by atoms with Crippen molar-refractivity contribution in [1.82, 2.24) is 9.80 Å². The average molecular weight is 443 g/mol. The van der Waals surface area contributed by atoms with Crippen LogP contribution in [0.1, 0.15) is 52.5 Å². The molecule has 7 nitrogen and oxygen atoms in total. The molecule has 2 fully saturated rings. The molecule has 0 radical (unpaired) electrons. The van der Waals surface area contributed by atoms with Gasteiger partial charge in [0, 0.05) is 44.7 Å². The standard InChI is InChI=1S/C25H34N2O5/c1-5-31-21-9-7-6-8-20(21)10-11-22(29)26-15-12-25(13-16-26)14-17-27(18-25)23(30)24(3,4)32-19(2)28/h6-11H,5,12-18H2,1-4H3. The number of nitrogens with zero attached hydrogens (tertiary/aromatic N) is 2. The summed E-state index contributed by atoms with van der Waals surface area (Å²) in [6.07, 6.45) is 6.06. The number of para-hydroxylation sites is 1. The lowest BCUT2D eigenvalue weighted by Gasteiger charge is -2.39. The number of hydrogen-bond donors (Lipinski definition) is 0. The van der Waals surface area contributed by atoms with Gasteiger partial charge in [-0.25, -0.2) is 0 Å². The van der Waals surface area contributed by atoms with E-state index < -0.39 is 11.6 Å². The van der Waals surface area contributed by atoms with Gasteiger partial charge in [-0.05, 0) is 57.6 Å². The van der Waals surface area contributed by atoms with E-state index in [2.05, 4.69) is 0 Å². The molecular formula is C25H34N2O5. The Hall–Kier alpha value is -2.83. The minimum absolute atomic E-state index is 0.00641. The Morgan fingerprint density at radius 3 is 2.31 bits per heavy atom. The van der Waals surface area contributed by atoms with Crippen LogP contribution in [0.2, 0.25) is 0 Å². The maximum Gasteiger partial charge on any atom is 0.303 e. The molecule has 2 amide bonds. The van der Waals surface area contributed by atoms with Crippen LogP contribution in [0.25, 0.3) is 6.08 Å². The molecule has 1 aromatic carbocycles. The Labute approximate surface area is 190 Å². The Kier molecular flexibility index (Phi) is 7.26. The van der Waals surface area contributed by atoms with Crippen molar-refractivity contribution in [2.75, 3.05) is 32.8 Å². The molecule has 0 aromatic heterocycles. The number of amides is 2. The second kappa shape index (κ2) is 9.76. The van der Waals surface area contributed by atoms with E-state index in [-0.39, 0.29) is 17.2 Å². The normalized spacial score (nSPS) is 18.2. The van der Waals surface area contributed by atoms with Crippen molar-refractivity contribution in [3.8, 4) is 5.75 Å². The van der Waals surface area contributed by atoms with Gasteiger partial charge in [0.2, 0.25) is 5.91 Å². The molecule has 0 unspecified atom stereocenters. The third-order valence-electron chi connectivity index (χ3n) is 6.40. The van der Waals surface area contributed by atoms with Crippen LogP contribution in [0.3, 0.4) is 0 Å². The molecule has 2 aliphatic rings. The van der Waals surface area contributed by atoms with Crippen LogP contribution in [-0.4, -0.2) is 66.0 Å². The largest absolute Gasteiger partial charge is 0.493 e. The van der Waals surface area contributed by atoms with Crippen molar-refractivity contribution < 1.29 is 23.9 Å². The summed E-state index contributed by atoms with van der Waals surface area (Å²) in [4.78, 5) is 40.6. The molecule has 1 aromatic rings. The van der Waals surface area contributed by atoms with Gasteiger partial charge in [-0.1, -0.05) is 18.2 Å². The van der Waals surface area contributed by atoms with Gasteiger partial charge in [0.05, 0.1) is 6.61 Å². The summed E-state index contributed by atoms with van der Waals surface area (Å²) in [5, 5.41) is 0. The summed E-state index contributed by atoms with van der Waals surface area (Å²) >= 11 is 0. The highest BCUT2D eigenvalue weighted by Gasteiger charge is 2.46. The van der Waals surface area contributed by atoms with Crippen LogP contribution in [0, 0.1) is 5.41 Å². The molecule has 174 valence electrons. The van der Waals surface area contributed by atoms with E-state index in [4.69, 9.17) is 9.47 Å². The third-order valence-corrected chi connectivity index (χ3v) is 6.40. The lowest BCUT2D eigenvalue weighted by Crippen LogP contribution is -2.49. The fraction of sp³-hybridized carbons (Fsp3) is 0.560. The highest BCUT2D eigenvalue weighted by molar-refractivity contribution is 5.92. The number of hydrogen-bond acceptors (Lipinski definition) is 5. The van der Waals surface area contributed by atoms with E-state index in [9.17, 15) is 14.4 Å². The molecule has 2 heterocycles. The second-order valence-electron chi connectivity index (χ2n) is 9.21. The highest BCUT2D eigenvalue weighted by Crippen LogP contribution is 2.41. The number of esters is 1. The highest BCUT2D eigenvalue weighted by atomic mass is 16.6. The van der Waals surface area contributed by atoms with Crippen molar-refractivity contribution in [1.29, 1.82) is 0 Å². The van der Waals surface area contributed by atoms with Crippen molar-refractivity contribution in [3.05, 3.63) is 35.9 Å². The molecule has 0 bridgehead atoms. The fourth-order valence-corrected chi connectivity index (χ4v) is 4.67. The lowest BCUT2D eigenvalue weighted by molar-refractivity contribution is -0.168. The average Bonchev–Trinajstić information content (AvgIpc) is 3.15. The molecular weight excluding hydrogens is 408 g/mol. The summed E-state index contributed by atoms with van der Waals surface area (Å²) < 4.78 is 10.8. The van der Waals surface area contributed by atoms with E-state index in [1.54, 1.807) is 19.9 Å². The zero-order valence-electron chi connectivity index (χ0n) is 19.6. The first kappa shape index (κ1) is 23.8. The maximum atomic E-state index is 12.9. The Morgan fingerprint density at radius 1 is 1.06 bits per heavy atom. The van der Waals surface area contributed by atoms with Gasteiger partial charge in [0.1, 0.15) is 5.75 Å². The summed E-state index contributed by atoms with van der Waals surface area (Å²) in [5.74, 6) is 0.150. The Morgan fingerprint density at radius 2 is 1.69 bits per heavy atom. The zero-order chi connectivity index (χ0) is 23.4. The van der Waals surface area contributed by atoms with E-state index in [1.807, 2.05) is 47.1 Å². The van der Waals surface area contributed by atoms with E-state index >= 15 is 0 Å². The number of benzene rings is 1. The minimum atomic E-state index is -1.16. The molecule has 2 saturated heterocycles. The molecule has 0 N–H and O–H groups in total. The predicted molar refractivity (Wildman–Crippen MR) is 122 cm³/mol. The van der Waals surface area contributed by atoms with Crippen molar-refractivity contribution in [3.63, 3.8) is 0 Å². The second-order valence-corrected chi connectivity index (χ2v) is 9.21. The molecule has 1 spiro atoms. The van der Waals surface area contributed by atoms with Crippen LogP contribution < -0.4 is 4.74 Å². The van der Waals surface area contributed by atoms with Crippen molar-refractivity contribution in [2.24, 2.45) is 5.41 Å². The first-order valence-corrected chi connectivity index (χ1v) is 11.3. The Balaban J connectivity index is 1.55. The number of ether oxygens (including phenoxy) is 2. The molecule has 0 saturated carbocycles. The monoisotopic (exact) mass is 442 g/mol. The topological polar surface area (TPSA) is 76.2 Å². The van der Waals surface area contributed by atoms with Gasteiger partial charge in [0.25, 0.3) is 5.91 Å². The summed E-state index contributed by atoms with van der Waals surface area (Å²) in [5.41, 5.74) is -0.239. The number of rotatable bonds is 6. The van der Waals surface area contributed by atoms with Crippen LogP contribution in [0.5, 0.6) is 5.75 Å². The molecule has 7 heteroatoms. The number of piperidine rings is 1. The van der Waals surface area contributed by atoms with Gasteiger partial charge in [-0.2, -0.15) is 0 Å². The van der Waals surface area contributed by atoms with E-state index in [1.165, 1.54) is 6.92 Å². The van der Waals surface area contributed by atoms with Gasteiger partial charge >= 0.3 is 5.97 Å².